The predicted molar refractivity (Wildman–Crippen MR) is 146 cm³/mol. The van der Waals surface area contributed by atoms with Crippen LogP contribution in [0.4, 0.5) is 0 Å². The number of carbonyl (C=O) groups is 2. The van der Waals surface area contributed by atoms with Gasteiger partial charge in [-0.05, 0) is 47.8 Å². The Kier molecular flexibility index (Phi) is 6.42. The molecule has 2 aromatic heterocycles. The molecule has 39 heavy (non-hydrogen) atoms. The number of hydrogen-bond acceptors (Lipinski definition) is 9. The van der Waals surface area contributed by atoms with Crippen LogP contribution < -0.4 is 16.0 Å². The van der Waals surface area contributed by atoms with E-state index >= 15 is 0 Å². The molecule has 0 bridgehead atoms. The van der Waals surface area contributed by atoms with Crippen LogP contribution in [0.15, 0.2) is 34.2 Å². The van der Waals surface area contributed by atoms with Gasteiger partial charge in [0.25, 0.3) is 11.5 Å². The van der Waals surface area contributed by atoms with Crippen molar-refractivity contribution in [1.82, 2.24) is 9.55 Å². The van der Waals surface area contributed by atoms with Crippen molar-refractivity contribution >= 4 is 30.9 Å². The predicted octanol–water partition coefficient (Wildman–Crippen LogP) is 3.09. The number of aliphatic hydroxyl groups excluding tert-OH is 1. The van der Waals surface area contributed by atoms with Crippen molar-refractivity contribution < 1.29 is 24.2 Å². The van der Waals surface area contributed by atoms with Crippen LogP contribution in [-0.2, 0) is 32.9 Å². The number of nitroso groups, excluding NO2 is 1. The highest BCUT2D eigenvalue weighted by Gasteiger charge is 2.49. The summed E-state index contributed by atoms with van der Waals surface area (Å²) in [5.74, 6) is -0.984. The maximum absolute atomic E-state index is 13.7. The summed E-state index contributed by atoms with van der Waals surface area (Å²) in [6.45, 7) is 7.77. The molecule has 1 aromatic carbocycles. The van der Waals surface area contributed by atoms with Gasteiger partial charge in [0.15, 0.2) is 12.8 Å². The van der Waals surface area contributed by atoms with E-state index in [0.717, 1.165) is 17.0 Å². The molecule has 0 spiro atoms. The van der Waals surface area contributed by atoms with E-state index in [9.17, 15) is 24.4 Å². The fourth-order valence-electron chi connectivity index (χ4n) is 5.39. The Morgan fingerprint density at radius 2 is 2.05 bits per heavy atom. The van der Waals surface area contributed by atoms with E-state index in [-0.39, 0.29) is 30.8 Å². The maximum atomic E-state index is 13.7. The van der Waals surface area contributed by atoms with Gasteiger partial charge >= 0.3 is 5.97 Å². The number of pyridine rings is 2. The SMILES string of the molecule is CC[C@@]1(N=O)C(=O)OCc2c1cc1n(c2=O)C(O)c2c-1nc1ccc(OCC(N)=O)cc1c2CC[Si](C)(C)C. The number of aryl methyl sites for hydroxylation is 1. The third-order valence-corrected chi connectivity index (χ3v) is 9.25. The lowest BCUT2D eigenvalue weighted by atomic mass is 9.83. The number of aliphatic hydroxyl groups is 1. The van der Waals surface area contributed by atoms with Crippen LogP contribution in [0.1, 0.15) is 41.8 Å². The van der Waals surface area contributed by atoms with Crippen molar-refractivity contribution in [3.8, 4) is 17.1 Å². The second kappa shape index (κ2) is 9.38. The van der Waals surface area contributed by atoms with Gasteiger partial charge in [-0.1, -0.05) is 32.6 Å². The summed E-state index contributed by atoms with van der Waals surface area (Å²) in [6.07, 6.45) is -0.706. The Morgan fingerprint density at radius 3 is 2.69 bits per heavy atom. The summed E-state index contributed by atoms with van der Waals surface area (Å²) in [5, 5.41) is 15.4. The van der Waals surface area contributed by atoms with Gasteiger partial charge in [-0.2, -0.15) is 0 Å². The van der Waals surface area contributed by atoms with Crippen molar-refractivity contribution in [2.24, 2.45) is 10.9 Å². The molecule has 3 aromatic rings. The third kappa shape index (κ3) is 4.23. The standard InChI is InChI=1S/C27H30N4O7Si/c1-5-27(30-36)18-11-20-23-22(25(34)31(20)24(33)17(18)12-38-26(27)35)15(8-9-39(2,3)4)16-10-14(37-13-21(28)32)6-7-19(16)29-23/h6-7,10-11,25,34H,5,8-9,12-13H2,1-4H3,(H2,28,32)/t25?,27-/m0/s1. The van der Waals surface area contributed by atoms with Crippen LogP contribution >= 0.6 is 0 Å². The molecule has 2 aliphatic heterocycles. The van der Waals surface area contributed by atoms with E-state index in [4.69, 9.17) is 20.2 Å². The van der Waals surface area contributed by atoms with Crippen LogP contribution in [-0.4, -0.2) is 41.2 Å². The lowest BCUT2D eigenvalue weighted by molar-refractivity contribution is -0.154. The van der Waals surface area contributed by atoms with E-state index in [1.807, 2.05) is 0 Å². The van der Waals surface area contributed by atoms with Gasteiger partial charge in [0, 0.05) is 24.6 Å². The summed E-state index contributed by atoms with van der Waals surface area (Å²) in [5.41, 5.74) is 5.75. The molecule has 11 nitrogen and oxygen atoms in total. The molecule has 12 heteroatoms. The minimum Gasteiger partial charge on any atom is -0.484 e. The number of amides is 1. The fourth-order valence-corrected chi connectivity index (χ4v) is 6.39. The van der Waals surface area contributed by atoms with Gasteiger partial charge < -0.3 is 20.3 Å². The third-order valence-electron chi connectivity index (χ3n) is 7.50. The summed E-state index contributed by atoms with van der Waals surface area (Å²) in [6, 6.07) is 7.65. The first-order valence-corrected chi connectivity index (χ1v) is 16.5. The molecule has 1 unspecified atom stereocenters. The molecule has 2 atom stereocenters. The van der Waals surface area contributed by atoms with Crippen molar-refractivity contribution in [2.45, 2.75) is 63.8 Å². The summed E-state index contributed by atoms with van der Waals surface area (Å²) in [4.78, 5) is 54.4. The molecular weight excluding hydrogens is 520 g/mol. The molecule has 0 fully saturated rings. The Labute approximate surface area is 224 Å². The molecule has 2 aliphatic rings. The number of hydrogen-bond donors (Lipinski definition) is 2. The normalized spacial score (nSPS) is 19.7. The zero-order chi connectivity index (χ0) is 28.3. The Morgan fingerprint density at radius 1 is 1.31 bits per heavy atom. The highest BCUT2D eigenvalue weighted by Crippen LogP contribution is 2.45. The number of esters is 1. The molecule has 1 amide bonds. The minimum absolute atomic E-state index is 0.0152. The Bertz CT molecular complexity index is 1610. The molecular formula is C27H30N4O7Si. The summed E-state index contributed by atoms with van der Waals surface area (Å²) >= 11 is 0. The maximum Gasteiger partial charge on any atom is 0.342 e. The largest absolute Gasteiger partial charge is 0.484 e. The highest BCUT2D eigenvalue weighted by molar-refractivity contribution is 6.76. The number of benzene rings is 1. The molecule has 204 valence electrons. The zero-order valence-electron chi connectivity index (χ0n) is 22.2. The number of primary amides is 1. The van der Waals surface area contributed by atoms with Crippen LogP contribution in [0, 0.1) is 4.91 Å². The quantitative estimate of drug-likeness (QED) is 0.245. The number of carbonyl (C=O) groups excluding carboxylic acids is 2. The van der Waals surface area contributed by atoms with Crippen LogP contribution in [0.5, 0.6) is 5.75 Å². The second-order valence-corrected chi connectivity index (χ2v) is 16.8. The minimum atomic E-state index is -1.85. The average molecular weight is 551 g/mol. The van der Waals surface area contributed by atoms with E-state index in [1.54, 1.807) is 31.2 Å². The van der Waals surface area contributed by atoms with E-state index in [2.05, 4.69) is 24.8 Å². The molecule has 0 aliphatic carbocycles. The number of nitrogens with zero attached hydrogens (tertiary/aromatic N) is 3. The lowest BCUT2D eigenvalue weighted by Gasteiger charge is -2.30. The van der Waals surface area contributed by atoms with Crippen molar-refractivity contribution in [2.75, 3.05) is 6.61 Å². The van der Waals surface area contributed by atoms with Gasteiger partial charge in [0.05, 0.1) is 22.5 Å². The topological polar surface area (TPSA) is 163 Å². The van der Waals surface area contributed by atoms with Gasteiger partial charge in [0.1, 0.15) is 12.4 Å². The number of ether oxygens (including phenoxy) is 2. The number of fused-ring (bicyclic) bond motifs is 5. The number of nitrogens with two attached hydrogens (primary N) is 1. The molecule has 5 rings (SSSR count). The summed E-state index contributed by atoms with van der Waals surface area (Å²) in [7, 11) is -1.54. The Balaban J connectivity index is 1.78. The van der Waals surface area contributed by atoms with Crippen LogP contribution in [0.2, 0.25) is 25.7 Å². The zero-order valence-corrected chi connectivity index (χ0v) is 23.2. The average Bonchev–Trinajstić information content (AvgIpc) is 3.16. The Hall–Kier alpha value is -3.90. The first kappa shape index (κ1) is 26.7. The first-order chi connectivity index (χ1) is 18.4. The van der Waals surface area contributed by atoms with Gasteiger partial charge in [-0.3, -0.25) is 14.2 Å². The van der Waals surface area contributed by atoms with Gasteiger partial charge in [0.2, 0.25) is 5.54 Å². The molecule has 0 radical (unpaired) electrons. The van der Waals surface area contributed by atoms with Crippen molar-refractivity contribution in [3.05, 3.63) is 61.8 Å². The van der Waals surface area contributed by atoms with Crippen LogP contribution in [0.3, 0.4) is 0 Å². The lowest BCUT2D eigenvalue weighted by Crippen LogP contribution is -2.43. The monoisotopic (exact) mass is 550 g/mol. The van der Waals surface area contributed by atoms with E-state index < -0.39 is 37.3 Å². The molecule has 0 saturated heterocycles. The number of rotatable bonds is 8. The fraction of sp³-hybridized carbons (Fsp3) is 0.407. The smallest absolute Gasteiger partial charge is 0.342 e. The van der Waals surface area contributed by atoms with Crippen LogP contribution in [0.25, 0.3) is 22.3 Å². The molecule has 3 N–H and O–H groups in total. The van der Waals surface area contributed by atoms with E-state index in [1.165, 1.54) is 4.57 Å². The molecule has 0 saturated carbocycles. The van der Waals surface area contributed by atoms with Crippen molar-refractivity contribution in [1.29, 1.82) is 0 Å². The van der Waals surface area contributed by atoms with Crippen molar-refractivity contribution in [3.63, 3.8) is 0 Å². The number of aromatic nitrogens is 2. The van der Waals surface area contributed by atoms with E-state index in [0.29, 0.717) is 34.6 Å². The highest BCUT2D eigenvalue weighted by atomic mass is 28.3. The second-order valence-electron chi connectivity index (χ2n) is 11.2. The number of cyclic esters (lactones) is 1. The van der Waals surface area contributed by atoms with Gasteiger partial charge in [-0.15, -0.1) is 4.91 Å². The molecule has 4 heterocycles. The first-order valence-electron chi connectivity index (χ1n) is 12.8. The summed E-state index contributed by atoms with van der Waals surface area (Å²) < 4.78 is 12.0. The van der Waals surface area contributed by atoms with Gasteiger partial charge in [-0.25, -0.2) is 9.78 Å².